The lowest BCUT2D eigenvalue weighted by molar-refractivity contribution is -0.137. The van der Waals surface area contributed by atoms with E-state index in [1.54, 1.807) is 22.7 Å². The first-order valence-electron chi connectivity index (χ1n) is 28.7. The standard InChI is InChI=1S/C61H76N10O7S4/c1-81(2,76)68-38-34-66(35-39-68)30-12-20-54(72)64-56(48-14-6-4-7-15-48)60(74)70-32-10-18-50(70)58-62-42-52(79-58)46-26-22-44(23-27-46)45-24-28-47(29-25-45)53-43-63-59(80-53)51-19-11-33-71(51)61(75)57(49-16-8-5-9-17-49)65-55(73)21-13-31-67-36-40-69(41-37-67)82(3,77)78/h4-9,14-17,22-29,42-43,50-51,56-57,81H,10-13,18-21,30-41H2,1-3H3,(H,64,72)(H,65,73)/t50-,51-,56+,57+/m0/s1. The highest BCUT2D eigenvalue weighted by Gasteiger charge is 2.39. The smallest absolute Gasteiger partial charge is 0.250 e. The highest BCUT2D eigenvalue weighted by molar-refractivity contribution is 7.99. The molecule has 0 bridgehead atoms. The summed E-state index contributed by atoms with van der Waals surface area (Å²) in [6.45, 7) is 7.91. The molecule has 4 aromatic carbocycles. The van der Waals surface area contributed by atoms with Gasteiger partial charge in [-0.05, 0) is 85.0 Å². The minimum absolute atomic E-state index is 0.125. The highest BCUT2D eigenvalue weighted by atomic mass is 32.3. The van der Waals surface area contributed by atoms with Crippen LogP contribution in [0.15, 0.2) is 122 Å². The van der Waals surface area contributed by atoms with Crippen molar-refractivity contribution in [1.29, 1.82) is 0 Å². The van der Waals surface area contributed by atoms with Crippen LogP contribution in [0.1, 0.15) is 96.7 Å². The molecule has 4 aliphatic rings. The van der Waals surface area contributed by atoms with Gasteiger partial charge in [0.1, 0.15) is 22.1 Å². The van der Waals surface area contributed by atoms with Crippen LogP contribution < -0.4 is 10.6 Å². The van der Waals surface area contributed by atoms with Crippen LogP contribution in [0, 0.1) is 0 Å². The maximum absolute atomic E-state index is 14.5. The highest BCUT2D eigenvalue weighted by Crippen LogP contribution is 2.41. The molecule has 17 nitrogen and oxygen atoms in total. The molecule has 10 rings (SSSR count). The fourth-order valence-electron chi connectivity index (χ4n) is 11.7. The second kappa shape index (κ2) is 26.7. The number of rotatable bonds is 21. The SMILES string of the molecule is CS(=O)(=O)N1CCN(CCCC(=O)N[C@@H](C(=O)N2CCC[C@H]2c2ncc(-c3ccc(-c4ccc(-c5cnc([C@@H]6CCCN6C(=O)[C@H](NC(=O)CCCN6CCN([SH](C)(C)=O)CC6)c6ccccc6)s5)cc4)cc3)s2)c2ccccc2)CC1. The van der Waals surface area contributed by atoms with E-state index in [9.17, 15) is 31.8 Å². The molecule has 0 saturated carbocycles. The number of amides is 4. The van der Waals surface area contributed by atoms with Crippen LogP contribution in [-0.2, 0) is 39.3 Å². The van der Waals surface area contributed by atoms with Gasteiger partial charge in [0.05, 0.1) is 28.1 Å². The maximum Gasteiger partial charge on any atom is 0.250 e. The molecule has 2 N–H and O–H groups in total. The van der Waals surface area contributed by atoms with Gasteiger partial charge in [-0.15, -0.1) is 22.7 Å². The molecule has 6 heterocycles. The lowest BCUT2D eigenvalue weighted by Gasteiger charge is -2.38. The number of benzene rings is 4. The van der Waals surface area contributed by atoms with Crippen molar-refractivity contribution in [3.8, 4) is 32.0 Å². The molecule has 4 saturated heterocycles. The Balaban J connectivity index is 0.733. The van der Waals surface area contributed by atoms with Crippen LogP contribution in [0.25, 0.3) is 32.0 Å². The number of nitrogens with zero attached hydrogens (tertiary/aromatic N) is 8. The zero-order valence-corrected chi connectivity index (χ0v) is 50.4. The summed E-state index contributed by atoms with van der Waals surface area (Å²) >= 11 is 3.19. The van der Waals surface area contributed by atoms with Gasteiger partial charge < -0.3 is 30.2 Å². The molecule has 21 heteroatoms. The van der Waals surface area contributed by atoms with Gasteiger partial charge in [-0.25, -0.2) is 22.7 Å². The summed E-state index contributed by atoms with van der Waals surface area (Å²) in [4.78, 5) is 76.0. The number of likely N-dealkylation sites (tertiary alicyclic amines) is 2. The minimum Gasteiger partial charge on any atom is -0.341 e. The molecular formula is C61H76N10O7S4. The first-order valence-corrected chi connectivity index (χ1v) is 34.7. The number of carbonyl (C=O) groups excluding carboxylic acids is 4. The minimum atomic E-state index is -3.22. The van der Waals surface area contributed by atoms with Gasteiger partial charge in [-0.2, -0.15) is 4.31 Å². The number of hydrogen-bond donors (Lipinski definition) is 3. The van der Waals surface area contributed by atoms with Gasteiger partial charge in [0.15, 0.2) is 0 Å². The second-order valence-corrected chi connectivity index (χ2v) is 29.5. The summed E-state index contributed by atoms with van der Waals surface area (Å²) in [6, 6.07) is 33.8. The third-order valence-corrected chi connectivity index (χ3v) is 21.7. The van der Waals surface area contributed by atoms with E-state index >= 15 is 0 Å². The Hall–Kier alpha value is -6.04. The number of aromatic nitrogens is 2. The van der Waals surface area contributed by atoms with E-state index in [2.05, 4.69) is 73.3 Å². The van der Waals surface area contributed by atoms with Crippen molar-refractivity contribution in [3.05, 3.63) is 143 Å². The largest absolute Gasteiger partial charge is 0.341 e. The van der Waals surface area contributed by atoms with Gasteiger partial charge in [0.2, 0.25) is 33.7 Å². The van der Waals surface area contributed by atoms with Crippen LogP contribution in [0.4, 0.5) is 0 Å². The van der Waals surface area contributed by atoms with E-state index in [4.69, 9.17) is 9.97 Å². The number of thiol groups is 1. The molecule has 0 unspecified atom stereocenters. The van der Waals surface area contributed by atoms with E-state index < -0.39 is 32.2 Å². The van der Waals surface area contributed by atoms with Gasteiger partial charge in [-0.1, -0.05) is 119 Å². The quantitative estimate of drug-likeness (QED) is 0.0603. The molecule has 0 aliphatic carbocycles. The van der Waals surface area contributed by atoms with Crippen molar-refractivity contribution in [3.63, 3.8) is 0 Å². The number of hydrogen-bond acceptors (Lipinski definition) is 13. The van der Waals surface area contributed by atoms with Crippen molar-refractivity contribution in [2.75, 3.05) is 97.3 Å². The number of carbonyl (C=O) groups is 4. The van der Waals surface area contributed by atoms with Crippen molar-refractivity contribution >= 4 is 66.4 Å². The predicted molar refractivity (Wildman–Crippen MR) is 327 cm³/mol. The van der Waals surface area contributed by atoms with E-state index in [1.165, 1.54) is 10.6 Å². The monoisotopic (exact) mass is 1190 g/mol. The number of sulfonamides is 1. The number of thiazole rings is 2. The lowest BCUT2D eigenvalue weighted by atomic mass is 10.0. The van der Waals surface area contributed by atoms with Crippen LogP contribution in [0.3, 0.4) is 0 Å². The first-order chi connectivity index (χ1) is 39.6. The Labute approximate surface area is 491 Å². The molecular weight excluding hydrogens is 1110 g/mol. The Kier molecular flexibility index (Phi) is 19.2. The van der Waals surface area contributed by atoms with Crippen LogP contribution >= 0.6 is 22.7 Å². The molecule has 6 aromatic rings. The summed E-state index contributed by atoms with van der Waals surface area (Å²) < 4.78 is 40.0. The molecule has 4 aliphatic heterocycles. The third-order valence-electron chi connectivity index (χ3n) is 16.3. The van der Waals surface area contributed by atoms with Crippen molar-refractivity contribution in [1.82, 2.24) is 48.8 Å². The van der Waals surface area contributed by atoms with Crippen LogP contribution in [-0.4, -0.2) is 172 Å². The van der Waals surface area contributed by atoms with Crippen molar-refractivity contribution in [2.24, 2.45) is 0 Å². The predicted octanol–water partition coefficient (Wildman–Crippen LogP) is 7.59. The zero-order valence-electron chi connectivity index (χ0n) is 47.1. The normalized spacial score (nSPS) is 19.7. The Morgan fingerprint density at radius 1 is 0.561 bits per heavy atom. The number of piperazine rings is 2. The molecule has 4 amide bonds. The van der Waals surface area contributed by atoms with E-state index in [-0.39, 0.29) is 42.1 Å². The van der Waals surface area contributed by atoms with E-state index in [0.29, 0.717) is 65.1 Å². The van der Waals surface area contributed by atoms with Gasteiger partial charge >= 0.3 is 0 Å². The molecule has 82 heavy (non-hydrogen) atoms. The Bertz CT molecular complexity index is 3310. The molecule has 4 fully saturated rings. The molecule has 0 spiro atoms. The zero-order chi connectivity index (χ0) is 57.4. The number of nitrogens with one attached hydrogen (secondary N) is 2. The summed E-state index contributed by atoms with van der Waals surface area (Å²) in [7, 11) is -5.48. The maximum atomic E-state index is 14.5. The van der Waals surface area contributed by atoms with E-state index in [0.717, 1.165) is 112 Å². The summed E-state index contributed by atoms with van der Waals surface area (Å²) in [5, 5.41) is 7.91. The molecule has 4 atom stereocenters. The van der Waals surface area contributed by atoms with Crippen molar-refractivity contribution < 1.29 is 31.8 Å². The topological polar surface area (TPSA) is 189 Å². The molecule has 2 aromatic heterocycles. The Morgan fingerprint density at radius 3 is 1.34 bits per heavy atom. The van der Waals surface area contributed by atoms with Crippen molar-refractivity contribution in [2.45, 2.75) is 75.5 Å². The van der Waals surface area contributed by atoms with Crippen LogP contribution in [0.5, 0.6) is 0 Å². The molecule has 0 radical (unpaired) electrons. The van der Waals surface area contributed by atoms with Gasteiger partial charge in [0.25, 0.3) is 0 Å². The average molecular weight is 1190 g/mol. The van der Waals surface area contributed by atoms with Crippen LogP contribution in [0.2, 0.25) is 0 Å². The van der Waals surface area contributed by atoms with Gasteiger partial charge in [-0.3, -0.25) is 23.4 Å². The average Bonchev–Trinajstić information content (AvgIpc) is 4.39. The second-order valence-electron chi connectivity index (χ2n) is 22.3. The summed E-state index contributed by atoms with van der Waals surface area (Å²) in [5.41, 5.74) is 5.69. The Morgan fingerprint density at radius 2 is 0.951 bits per heavy atom. The first kappa shape index (κ1) is 59.1. The lowest BCUT2D eigenvalue weighted by Crippen LogP contribution is -2.50. The fraction of sp³-hybridized carbons (Fsp3) is 0.443. The van der Waals surface area contributed by atoms with Gasteiger partial charge in [0, 0.05) is 103 Å². The third kappa shape index (κ3) is 14.6. The van der Waals surface area contributed by atoms with E-state index in [1.807, 2.05) is 95.4 Å². The fourth-order valence-corrected chi connectivity index (χ4v) is 15.8. The summed E-state index contributed by atoms with van der Waals surface area (Å²) in [5.74, 6) is -0.626. The summed E-state index contributed by atoms with van der Waals surface area (Å²) in [6.07, 6.45) is 13.7. The molecule has 436 valence electrons.